The predicted molar refractivity (Wildman–Crippen MR) is 70.0 cm³/mol. The van der Waals surface area contributed by atoms with Crippen LogP contribution in [0.1, 0.15) is 27.2 Å². The van der Waals surface area contributed by atoms with Gasteiger partial charge < -0.3 is 9.29 Å². The van der Waals surface area contributed by atoms with Crippen molar-refractivity contribution in [1.29, 1.82) is 0 Å². The molecule has 1 rings (SSSR count). The molecule has 1 aromatic carbocycles. The van der Waals surface area contributed by atoms with Crippen LogP contribution in [0.5, 0.6) is 5.75 Å². The molecule has 0 saturated carbocycles. The van der Waals surface area contributed by atoms with E-state index in [0.29, 0.717) is 5.69 Å². The van der Waals surface area contributed by atoms with Crippen molar-refractivity contribution in [2.45, 2.75) is 27.2 Å². The summed E-state index contributed by atoms with van der Waals surface area (Å²) in [5.41, 5.74) is 0.198. The first-order valence-corrected chi connectivity index (χ1v) is 6.52. The van der Waals surface area contributed by atoms with Gasteiger partial charge in [0.25, 0.3) is 0 Å². The lowest BCUT2D eigenvalue weighted by Crippen LogP contribution is -2.19. The molecule has 100 valence electrons. The second kappa shape index (κ2) is 5.86. The Morgan fingerprint density at radius 3 is 2.67 bits per heavy atom. The average Bonchev–Trinajstić information content (AvgIpc) is 2.13. The summed E-state index contributed by atoms with van der Waals surface area (Å²) in [6.07, 6.45) is 0.181. The van der Waals surface area contributed by atoms with E-state index in [4.69, 9.17) is 4.18 Å². The van der Waals surface area contributed by atoms with Gasteiger partial charge in [0, 0.05) is 6.07 Å². The van der Waals surface area contributed by atoms with Gasteiger partial charge in [-0.3, -0.25) is 9.52 Å². The van der Waals surface area contributed by atoms with E-state index in [2.05, 4.69) is 4.72 Å². The van der Waals surface area contributed by atoms with Crippen molar-refractivity contribution in [1.82, 2.24) is 0 Å². The molecular formula is C12H17NO4S. The monoisotopic (exact) mass is 271 g/mol. The molecule has 0 aliphatic carbocycles. The van der Waals surface area contributed by atoms with E-state index in [1.54, 1.807) is 12.1 Å². The molecule has 0 aromatic heterocycles. The Bertz CT molecular complexity index is 454. The van der Waals surface area contributed by atoms with Gasteiger partial charge in [-0.15, -0.1) is 0 Å². The zero-order valence-corrected chi connectivity index (χ0v) is 11.4. The van der Waals surface area contributed by atoms with Crippen LogP contribution in [0.15, 0.2) is 24.3 Å². The standard InChI is InChI=1S/C12H17NO4S/c1-12(2,3)8-11(15)17-18(16)13-9-5-4-6-10(14)7-9/h4-7,13-14H,8H2,1-3H3. The number of carbonyl (C=O) groups is 1. The molecule has 1 unspecified atom stereocenters. The van der Waals surface area contributed by atoms with E-state index in [9.17, 15) is 14.1 Å². The second-order valence-corrected chi connectivity index (χ2v) is 5.92. The average molecular weight is 271 g/mol. The number of phenolic OH excluding ortho intramolecular Hbond substituents is 1. The Labute approximate surface area is 109 Å². The van der Waals surface area contributed by atoms with Crippen molar-refractivity contribution in [3.05, 3.63) is 24.3 Å². The lowest BCUT2D eigenvalue weighted by atomic mass is 9.93. The topological polar surface area (TPSA) is 75.6 Å². The first-order chi connectivity index (χ1) is 8.26. The summed E-state index contributed by atoms with van der Waals surface area (Å²) in [7, 11) is 0. The third-order valence-electron chi connectivity index (χ3n) is 1.89. The maximum atomic E-state index is 11.5. The molecule has 2 N–H and O–H groups in total. The smallest absolute Gasteiger partial charge is 0.322 e. The Kier molecular flexibility index (Phi) is 4.72. The second-order valence-electron chi connectivity index (χ2n) is 5.08. The molecule has 0 spiro atoms. The number of hydrogen-bond donors (Lipinski definition) is 2. The summed E-state index contributed by atoms with van der Waals surface area (Å²) < 4.78 is 18.7. The van der Waals surface area contributed by atoms with Crippen molar-refractivity contribution in [2.75, 3.05) is 4.72 Å². The van der Waals surface area contributed by atoms with Crippen molar-refractivity contribution < 1.29 is 18.3 Å². The van der Waals surface area contributed by atoms with Crippen molar-refractivity contribution in [3.63, 3.8) is 0 Å². The highest BCUT2D eigenvalue weighted by atomic mass is 32.2. The van der Waals surface area contributed by atoms with Crippen LogP contribution in [0.2, 0.25) is 0 Å². The fourth-order valence-electron chi connectivity index (χ4n) is 1.23. The number of rotatable bonds is 4. The number of carbonyl (C=O) groups excluding carboxylic acids is 1. The molecule has 6 heteroatoms. The minimum atomic E-state index is -1.95. The van der Waals surface area contributed by atoms with Gasteiger partial charge in [0.2, 0.25) is 0 Å². The summed E-state index contributed by atoms with van der Waals surface area (Å²) in [5.74, 6) is -0.494. The van der Waals surface area contributed by atoms with E-state index in [-0.39, 0.29) is 17.6 Å². The molecule has 0 bridgehead atoms. The van der Waals surface area contributed by atoms with Gasteiger partial charge in [0.15, 0.2) is 0 Å². The highest BCUT2D eigenvalue weighted by Gasteiger charge is 2.19. The maximum Gasteiger partial charge on any atom is 0.322 e. The Hall–Kier alpha value is -1.56. The molecule has 0 saturated heterocycles. The molecule has 0 aliphatic rings. The predicted octanol–water partition coefficient (Wildman–Crippen LogP) is 2.36. The molecular weight excluding hydrogens is 254 g/mol. The first-order valence-electron chi connectivity index (χ1n) is 5.45. The number of phenols is 1. The Morgan fingerprint density at radius 2 is 2.11 bits per heavy atom. The van der Waals surface area contributed by atoms with Crippen LogP contribution in [0.4, 0.5) is 5.69 Å². The van der Waals surface area contributed by atoms with Crippen LogP contribution >= 0.6 is 0 Å². The molecule has 1 aromatic rings. The third kappa shape index (κ3) is 5.67. The van der Waals surface area contributed by atoms with Crippen LogP contribution in [0.25, 0.3) is 0 Å². The third-order valence-corrected chi connectivity index (χ3v) is 2.63. The fraction of sp³-hybridized carbons (Fsp3) is 0.417. The fourth-order valence-corrected chi connectivity index (χ4v) is 1.82. The lowest BCUT2D eigenvalue weighted by Gasteiger charge is -2.16. The SMILES string of the molecule is CC(C)(C)CC(=O)OS(=O)Nc1cccc(O)c1. The van der Waals surface area contributed by atoms with Crippen molar-refractivity contribution in [2.24, 2.45) is 5.41 Å². The van der Waals surface area contributed by atoms with E-state index < -0.39 is 17.2 Å². The number of aromatic hydroxyl groups is 1. The van der Waals surface area contributed by atoms with Crippen molar-refractivity contribution in [3.8, 4) is 5.75 Å². The highest BCUT2D eigenvalue weighted by Crippen LogP contribution is 2.20. The molecule has 18 heavy (non-hydrogen) atoms. The molecule has 0 fully saturated rings. The lowest BCUT2D eigenvalue weighted by molar-refractivity contribution is -0.135. The van der Waals surface area contributed by atoms with Gasteiger partial charge in [-0.25, -0.2) is 0 Å². The zero-order chi connectivity index (χ0) is 13.8. The summed E-state index contributed by atoms with van der Waals surface area (Å²) in [4.78, 5) is 11.4. The quantitative estimate of drug-likeness (QED) is 0.881. The number of nitrogens with one attached hydrogen (secondary N) is 1. The first kappa shape index (κ1) is 14.5. The van der Waals surface area contributed by atoms with E-state index >= 15 is 0 Å². The maximum absolute atomic E-state index is 11.5. The van der Waals surface area contributed by atoms with E-state index in [1.165, 1.54) is 12.1 Å². The number of benzene rings is 1. The number of hydrogen-bond acceptors (Lipinski definition) is 4. The summed E-state index contributed by atoms with van der Waals surface area (Å²) in [6, 6.07) is 6.07. The molecule has 1 atom stereocenters. The van der Waals surface area contributed by atoms with Gasteiger partial charge in [0.05, 0.1) is 12.1 Å². The van der Waals surface area contributed by atoms with Gasteiger partial charge in [0.1, 0.15) is 5.75 Å². The molecule has 0 radical (unpaired) electrons. The van der Waals surface area contributed by atoms with E-state index in [1.807, 2.05) is 20.8 Å². The van der Waals surface area contributed by atoms with Gasteiger partial charge in [-0.2, -0.15) is 4.21 Å². The largest absolute Gasteiger partial charge is 0.508 e. The van der Waals surface area contributed by atoms with Crippen LogP contribution in [-0.4, -0.2) is 15.3 Å². The molecule has 0 aliphatic heterocycles. The van der Waals surface area contributed by atoms with E-state index in [0.717, 1.165) is 0 Å². The zero-order valence-electron chi connectivity index (χ0n) is 10.6. The van der Waals surface area contributed by atoms with Crippen LogP contribution in [-0.2, 0) is 20.2 Å². The normalized spacial score (nSPS) is 12.8. The van der Waals surface area contributed by atoms with Crippen molar-refractivity contribution >= 4 is 22.9 Å². The molecule has 0 heterocycles. The minimum absolute atomic E-state index is 0.0398. The molecule has 5 nitrogen and oxygen atoms in total. The number of anilines is 1. The van der Waals surface area contributed by atoms with Crippen LogP contribution in [0, 0.1) is 5.41 Å². The molecule has 0 amide bonds. The van der Waals surface area contributed by atoms with Crippen LogP contribution in [0.3, 0.4) is 0 Å². The highest BCUT2D eigenvalue weighted by molar-refractivity contribution is 7.82. The van der Waals surface area contributed by atoms with Gasteiger partial charge in [-0.1, -0.05) is 26.8 Å². The summed E-state index contributed by atoms with van der Waals surface area (Å²) >= 11 is -1.95. The minimum Gasteiger partial charge on any atom is -0.508 e. The van der Waals surface area contributed by atoms with Gasteiger partial charge in [-0.05, 0) is 17.5 Å². The summed E-state index contributed by atoms with van der Waals surface area (Å²) in [5, 5.41) is 9.21. The van der Waals surface area contributed by atoms with Crippen LogP contribution < -0.4 is 4.72 Å². The summed E-state index contributed by atoms with van der Waals surface area (Å²) in [6.45, 7) is 5.67. The van der Waals surface area contributed by atoms with Gasteiger partial charge >= 0.3 is 17.2 Å². The Balaban J connectivity index is 2.50. The Morgan fingerprint density at radius 1 is 1.44 bits per heavy atom.